The highest BCUT2D eigenvalue weighted by atomic mass is 16.5. The predicted molar refractivity (Wildman–Crippen MR) is 77.3 cm³/mol. The van der Waals surface area contributed by atoms with Crippen molar-refractivity contribution >= 4 is 11.9 Å². The Hall–Kier alpha value is -2.08. The van der Waals surface area contributed by atoms with E-state index in [9.17, 15) is 9.59 Å². The third kappa shape index (κ3) is 2.54. The number of nitrogens with one attached hydrogen (secondary N) is 1. The molecule has 0 radical (unpaired) electrons. The van der Waals surface area contributed by atoms with Crippen LogP contribution in [0, 0.1) is 5.92 Å². The maximum Gasteiger partial charge on any atom is 0.322 e. The summed E-state index contributed by atoms with van der Waals surface area (Å²) in [6.45, 7) is 0. The molecular weight excluding hydrogens is 286 g/mol. The summed E-state index contributed by atoms with van der Waals surface area (Å²) in [7, 11) is 2.74. The van der Waals surface area contributed by atoms with Crippen LogP contribution in [0.3, 0.4) is 0 Å². The summed E-state index contributed by atoms with van der Waals surface area (Å²) < 4.78 is 15.6. The van der Waals surface area contributed by atoms with Crippen molar-refractivity contribution in [3.05, 3.63) is 29.8 Å². The average Bonchev–Trinajstić information content (AvgIpc) is 3.00. The monoisotopic (exact) mass is 305 g/mol. The van der Waals surface area contributed by atoms with Gasteiger partial charge in [-0.25, -0.2) is 0 Å². The number of methoxy groups -OCH3 is 2. The first kappa shape index (κ1) is 14.8. The number of esters is 2. The van der Waals surface area contributed by atoms with E-state index in [2.05, 4.69) is 5.32 Å². The second-order valence-corrected chi connectivity index (χ2v) is 5.59. The summed E-state index contributed by atoms with van der Waals surface area (Å²) in [5, 5.41) is 3.31. The van der Waals surface area contributed by atoms with Gasteiger partial charge in [-0.15, -0.1) is 0 Å². The number of rotatable bonds is 3. The van der Waals surface area contributed by atoms with E-state index in [1.165, 1.54) is 14.2 Å². The van der Waals surface area contributed by atoms with Gasteiger partial charge in [0.1, 0.15) is 17.9 Å². The average molecular weight is 305 g/mol. The molecule has 1 N–H and O–H groups in total. The second-order valence-electron chi connectivity index (χ2n) is 5.59. The van der Waals surface area contributed by atoms with E-state index in [0.717, 1.165) is 11.3 Å². The number of fused-ring (bicyclic) bond motifs is 3. The minimum atomic E-state index is -0.380. The van der Waals surface area contributed by atoms with Crippen LogP contribution in [0.25, 0.3) is 0 Å². The van der Waals surface area contributed by atoms with Crippen molar-refractivity contribution in [1.29, 1.82) is 0 Å². The number of para-hydroxylation sites is 1. The van der Waals surface area contributed by atoms with Crippen molar-refractivity contribution in [3.8, 4) is 5.75 Å². The van der Waals surface area contributed by atoms with Gasteiger partial charge in [0.25, 0.3) is 0 Å². The lowest BCUT2D eigenvalue weighted by atomic mass is 9.84. The van der Waals surface area contributed by atoms with Crippen molar-refractivity contribution < 1.29 is 23.8 Å². The minimum Gasteiger partial charge on any atom is -0.489 e. The maximum atomic E-state index is 11.8. The molecule has 118 valence electrons. The number of ether oxygens (including phenoxy) is 3. The van der Waals surface area contributed by atoms with Gasteiger partial charge < -0.3 is 14.2 Å². The molecular formula is C16H19NO5. The fourth-order valence-electron chi connectivity index (χ4n) is 3.35. The zero-order valence-corrected chi connectivity index (χ0v) is 12.6. The normalized spacial score (nSPS) is 29.0. The van der Waals surface area contributed by atoms with E-state index in [1.807, 2.05) is 24.3 Å². The molecule has 0 aliphatic carbocycles. The molecule has 6 nitrogen and oxygen atoms in total. The van der Waals surface area contributed by atoms with Crippen molar-refractivity contribution in [2.75, 3.05) is 14.2 Å². The summed E-state index contributed by atoms with van der Waals surface area (Å²) in [5.41, 5.74) is 1.01. The zero-order chi connectivity index (χ0) is 15.7. The summed E-state index contributed by atoms with van der Waals surface area (Å²) >= 11 is 0. The van der Waals surface area contributed by atoms with Crippen LogP contribution in [-0.2, 0) is 19.1 Å². The van der Waals surface area contributed by atoms with Gasteiger partial charge in [-0.1, -0.05) is 18.2 Å². The molecule has 3 rings (SSSR count). The summed E-state index contributed by atoms with van der Waals surface area (Å²) in [4.78, 5) is 23.5. The number of carbonyl (C=O) groups excluding carboxylic acids is 2. The Morgan fingerprint density at radius 2 is 2.05 bits per heavy atom. The highest BCUT2D eigenvalue weighted by molar-refractivity contribution is 5.76. The maximum absolute atomic E-state index is 11.8. The predicted octanol–water partition coefficient (Wildman–Crippen LogP) is 1.20. The molecule has 2 aliphatic heterocycles. The summed E-state index contributed by atoms with van der Waals surface area (Å²) in [5.74, 6) is 0.169. The smallest absolute Gasteiger partial charge is 0.322 e. The fourth-order valence-corrected chi connectivity index (χ4v) is 3.35. The van der Waals surface area contributed by atoms with Crippen LogP contribution in [0.5, 0.6) is 5.75 Å². The molecule has 4 atom stereocenters. The van der Waals surface area contributed by atoms with E-state index in [0.29, 0.717) is 6.42 Å². The molecule has 2 heterocycles. The van der Waals surface area contributed by atoms with Crippen LogP contribution in [0.4, 0.5) is 0 Å². The van der Waals surface area contributed by atoms with Crippen LogP contribution in [0.2, 0.25) is 0 Å². The topological polar surface area (TPSA) is 73.9 Å². The Labute approximate surface area is 128 Å². The Morgan fingerprint density at radius 3 is 2.77 bits per heavy atom. The molecule has 1 saturated heterocycles. The lowest BCUT2D eigenvalue weighted by Gasteiger charge is -2.35. The highest BCUT2D eigenvalue weighted by Crippen LogP contribution is 2.45. The van der Waals surface area contributed by atoms with Gasteiger partial charge in [0.15, 0.2) is 0 Å². The van der Waals surface area contributed by atoms with Gasteiger partial charge in [0.05, 0.1) is 20.6 Å². The first-order chi connectivity index (χ1) is 10.6. The standard InChI is InChI=1S/C16H19NO5/c1-20-14(18)8-13-10-7-11(16(19)21-2)17-15(10)9-5-3-4-6-12(9)22-13/h3-6,10-11,13,15,17H,7-8H2,1-2H3/t10-,11+,13-,15+/m0/s1. The lowest BCUT2D eigenvalue weighted by molar-refractivity contribution is -0.143. The molecule has 0 aromatic heterocycles. The van der Waals surface area contributed by atoms with Gasteiger partial charge in [0, 0.05) is 17.5 Å². The summed E-state index contributed by atoms with van der Waals surface area (Å²) in [6.07, 6.45) is 0.434. The quantitative estimate of drug-likeness (QED) is 0.846. The molecule has 1 fully saturated rings. The summed E-state index contributed by atoms with van der Waals surface area (Å²) in [6, 6.07) is 7.28. The van der Waals surface area contributed by atoms with E-state index < -0.39 is 0 Å². The zero-order valence-electron chi connectivity index (χ0n) is 12.6. The van der Waals surface area contributed by atoms with E-state index in [4.69, 9.17) is 14.2 Å². The van der Waals surface area contributed by atoms with Gasteiger partial charge >= 0.3 is 11.9 Å². The first-order valence-electron chi connectivity index (χ1n) is 7.30. The van der Waals surface area contributed by atoms with E-state index >= 15 is 0 Å². The molecule has 0 bridgehead atoms. The van der Waals surface area contributed by atoms with Crippen LogP contribution < -0.4 is 10.1 Å². The Balaban J connectivity index is 1.89. The third-order valence-electron chi connectivity index (χ3n) is 4.41. The van der Waals surface area contributed by atoms with Crippen molar-refractivity contribution in [1.82, 2.24) is 5.32 Å². The van der Waals surface area contributed by atoms with E-state index in [-0.39, 0.29) is 42.5 Å². The molecule has 1 aromatic rings. The van der Waals surface area contributed by atoms with Gasteiger partial charge in [-0.3, -0.25) is 14.9 Å². The van der Waals surface area contributed by atoms with Crippen LogP contribution in [-0.4, -0.2) is 38.3 Å². The van der Waals surface area contributed by atoms with Crippen molar-refractivity contribution in [2.24, 2.45) is 5.92 Å². The minimum absolute atomic E-state index is 0.0243. The van der Waals surface area contributed by atoms with Crippen LogP contribution in [0.1, 0.15) is 24.4 Å². The van der Waals surface area contributed by atoms with Crippen molar-refractivity contribution in [2.45, 2.75) is 31.0 Å². The third-order valence-corrected chi connectivity index (χ3v) is 4.41. The molecule has 0 spiro atoms. The van der Waals surface area contributed by atoms with Crippen LogP contribution in [0.15, 0.2) is 24.3 Å². The van der Waals surface area contributed by atoms with Gasteiger partial charge in [0.2, 0.25) is 0 Å². The second kappa shape index (κ2) is 5.96. The number of benzene rings is 1. The van der Waals surface area contributed by atoms with Crippen molar-refractivity contribution in [3.63, 3.8) is 0 Å². The Kier molecular flexibility index (Phi) is 4.02. The van der Waals surface area contributed by atoms with Gasteiger partial charge in [-0.05, 0) is 12.5 Å². The fraction of sp³-hybridized carbons (Fsp3) is 0.500. The largest absolute Gasteiger partial charge is 0.489 e. The SMILES string of the molecule is COC(=O)C[C@@H]1Oc2ccccc2[C@H]2N[C@@H](C(=O)OC)C[C@@H]12. The molecule has 0 saturated carbocycles. The molecule has 22 heavy (non-hydrogen) atoms. The number of hydrogen-bond acceptors (Lipinski definition) is 6. The molecule has 0 amide bonds. The molecule has 0 unspecified atom stereocenters. The highest BCUT2D eigenvalue weighted by Gasteiger charge is 2.47. The number of carbonyl (C=O) groups is 2. The molecule has 2 aliphatic rings. The van der Waals surface area contributed by atoms with Gasteiger partial charge in [-0.2, -0.15) is 0 Å². The van der Waals surface area contributed by atoms with Crippen LogP contribution >= 0.6 is 0 Å². The first-order valence-corrected chi connectivity index (χ1v) is 7.30. The molecule has 1 aromatic carbocycles. The number of hydrogen-bond donors (Lipinski definition) is 1. The molecule has 6 heteroatoms. The lowest BCUT2D eigenvalue weighted by Crippen LogP contribution is -2.38. The Morgan fingerprint density at radius 1 is 1.27 bits per heavy atom. The van der Waals surface area contributed by atoms with E-state index in [1.54, 1.807) is 0 Å². The Bertz CT molecular complexity index is 588.